The smallest absolute Gasteiger partial charge is 0.387 e. The van der Waals surface area contributed by atoms with Crippen LogP contribution in [0.4, 0.5) is 8.78 Å². The van der Waals surface area contributed by atoms with E-state index in [9.17, 15) is 13.6 Å². The van der Waals surface area contributed by atoms with Crippen LogP contribution in [0, 0.1) is 0 Å². The van der Waals surface area contributed by atoms with Crippen molar-refractivity contribution in [2.75, 3.05) is 26.8 Å². The van der Waals surface area contributed by atoms with E-state index < -0.39 is 12.5 Å². The highest BCUT2D eigenvalue weighted by Crippen LogP contribution is 2.22. The number of nitrogens with one attached hydrogen (secondary N) is 2. The number of rotatable bonds is 7. The van der Waals surface area contributed by atoms with Crippen molar-refractivity contribution >= 4 is 5.91 Å². The Balaban J connectivity index is 2.03. The molecule has 2 rings (SSSR count). The lowest BCUT2D eigenvalue weighted by atomic mass is 9.98. The third-order valence-corrected chi connectivity index (χ3v) is 3.69. The van der Waals surface area contributed by atoms with Crippen LogP contribution in [0.5, 0.6) is 5.75 Å². The Kier molecular flexibility index (Phi) is 5.68. The largest absolute Gasteiger partial charge is 0.434 e. The van der Waals surface area contributed by atoms with E-state index in [1.54, 1.807) is 19.2 Å². The average Bonchev–Trinajstić information content (AvgIpc) is 2.94. The van der Waals surface area contributed by atoms with E-state index in [0.717, 1.165) is 19.4 Å². The molecule has 1 heterocycles. The summed E-state index contributed by atoms with van der Waals surface area (Å²) in [5.74, 6) is -0.574. The van der Waals surface area contributed by atoms with Gasteiger partial charge in [-0.2, -0.15) is 8.78 Å². The van der Waals surface area contributed by atoms with Gasteiger partial charge >= 0.3 is 6.61 Å². The zero-order valence-corrected chi connectivity index (χ0v) is 12.4. The van der Waals surface area contributed by atoms with Gasteiger partial charge in [-0.1, -0.05) is 12.1 Å². The Morgan fingerprint density at radius 2 is 2.23 bits per heavy atom. The van der Waals surface area contributed by atoms with Gasteiger partial charge in [0.1, 0.15) is 5.75 Å². The highest BCUT2D eigenvalue weighted by molar-refractivity contribution is 5.96. The first-order chi connectivity index (χ1) is 10.6. The Bertz CT molecular complexity index is 505. The maximum absolute atomic E-state index is 12.4. The van der Waals surface area contributed by atoms with Crippen molar-refractivity contribution in [1.82, 2.24) is 10.6 Å². The van der Waals surface area contributed by atoms with Crippen molar-refractivity contribution in [3.05, 3.63) is 29.8 Å². The number of amides is 1. The molecular formula is C15H20F2N2O3. The van der Waals surface area contributed by atoms with Gasteiger partial charge in [0.25, 0.3) is 5.91 Å². The third kappa shape index (κ3) is 4.14. The fraction of sp³-hybridized carbons (Fsp3) is 0.533. The predicted molar refractivity (Wildman–Crippen MR) is 77.3 cm³/mol. The molecule has 1 fully saturated rings. The molecule has 1 saturated heterocycles. The molecule has 1 aliphatic heterocycles. The molecule has 1 aromatic carbocycles. The molecule has 1 unspecified atom stereocenters. The third-order valence-electron chi connectivity index (χ3n) is 3.69. The van der Waals surface area contributed by atoms with Crippen LogP contribution in [0.15, 0.2) is 24.3 Å². The lowest BCUT2D eigenvalue weighted by molar-refractivity contribution is -0.0501. The van der Waals surface area contributed by atoms with Gasteiger partial charge in [0.2, 0.25) is 0 Å². The minimum absolute atomic E-state index is 0.0911. The fourth-order valence-electron chi connectivity index (χ4n) is 2.67. The standard InChI is InChI=1S/C15H20F2N2O3/c1-21-10-15(7-4-8-19-15)9-18-13(20)11-5-2-3-6-12(11)22-14(16)17/h2-3,5-6,14,19H,4,7-10H2,1H3,(H,18,20). The van der Waals surface area contributed by atoms with Crippen LogP contribution < -0.4 is 15.4 Å². The van der Waals surface area contributed by atoms with E-state index in [-0.39, 0.29) is 16.9 Å². The Hall–Kier alpha value is -1.73. The van der Waals surface area contributed by atoms with Crippen molar-refractivity contribution in [3.8, 4) is 5.75 Å². The van der Waals surface area contributed by atoms with E-state index in [0.29, 0.717) is 13.2 Å². The first-order valence-electron chi connectivity index (χ1n) is 7.12. The first-order valence-corrected chi connectivity index (χ1v) is 7.12. The topological polar surface area (TPSA) is 59.6 Å². The van der Waals surface area contributed by atoms with Crippen LogP contribution in [0.1, 0.15) is 23.2 Å². The number of alkyl halides is 2. The summed E-state index contributed by atoms with van der Waals surface area (Å²) in [7, 11) is 1.61. The molecule has 1 atom stereocenters. The maximum Gasteiger partial charge on any atom is 0.387 e. The van der Waals surface area contributed by atoms with E-state index in [4.69, 9.17) is 4.74 Å². The van der Waals surface area contributed by atoms with Crippen LogP contribution in [-0.2, 0) is 4.74 Å². The van der Waals surface area contributed by atoms with Gasteiger partial charge in [0.15, 0.2) is 0 Å². The van der Waals surface area contributed by atoms with E-state index >= 15 is 0 Å². The number of carbonyl (C=O) groups excluding carboxylic acids is 1. The number of ether oxygens (including phenoxy) is 2. The predicted octanol–water partition coefficient (Wildman–Crippen LogP) is 1.79. The molecule has 7 heteroatoms. The Morgan fingerprint density at radius 1 is 1.45 bits per heavy atom. The molecule has 5 nitrogen and oxygen atoms in total. The number of para-hydroxylation sites is 1. The van der Waals surface area contributed by atoms with Crippen LogP contribution in [0.3, 0.4) is 0 Å². The molecule has 0 radical (unpaired) electrons. The second-order valence-corrected chi connectivity index (χ2v) is 5.30. The minimum Gasteiger partial charge on any atom is -0.434 e. The molecule has 0 bridgehead atoms. The molecule has 2 N–H and O–H groups in total. The summed E-state index contributed by atoms with van der Waals surface area (Å²) in [5, 5.41) is 6.11. The molecule has 0 spiro atoms. The lowest BCUT2D eigenvalue weighted by Crippen LogP contribution is -2.53. The molecule has 1 aliphatic rings. The second-order valence-electron chi connectivity index (χ2n) is 5.30. The maximum atomic E-state index is 12.4. The Labute approximate surface area is 128 Å². The lowest BCUT2D eigenvalue weighted by Gasteiger charge is -2.29. The summed E-state index contributed by atoms with van der Waals surface area (Å²) in [6, 6.07) is 5.95. The fourth-order valence-corrected chi connectivity index (χ4v) is 2.67. The van der Waals surface area contributed by atoms with Gasteiger partial charge < -0.3 is 20.1 Å². The van der Waals surface area contributed by atoms with Crippen LogP contribution in [-0.4, -0.2) is 44.9 Å². The van der Waals surface area contributed by atoms with Gasteiger partial charge in [0, 0.05) is 13.7 Å². The van der Waals surface area contributed by atoms with Gasteiger partial charge in [-0.15, -0.1) is 0 Å². The number of halogens is 2. The van der Waals surface area contributed by atoms with Crippen LogP contribution >= 0.6 is 0 Å². The van der Waals surface area contributed by atoms with E-state index in [1.165, 1.54) is 12.1 Å². The summed E-state index contributed by atoms with van der Waals surface area (Å²) in [6.07, 6.45) is 1.89. The SMILES string of the molecule is COCC1(CNC(=O)c2ccccc2OC(F)F)CCCN1. The summed E-state index contributed by atoms with van der Waals surface area (Å²) in [5.41, 5.74) is -0.212. The Morgan fingerprint density at radius 3 is 2.86 bits per heavy atom. The van der Waals surface area contributed by atoms with Crippen molar-refractivity contribution in [3.63, 3.8) is 0 Å². The van der Waals surface area contributed by atoms with Gasteiger partial charge in [-0.3, -0.25) is 4.79 Å². The molecule has 122 valence electrons. The molecule has 1 aromatic rings. The van der Waals surface area contributed by atoms with Crippen LogP contribution in [0.2, 0.25) is 0 Å². The number of carbonyl (C=O) groups is 1. The quantitative estimate of drug-likeness (QED) is 0.805. The van der Waals surface area contributed by atoms with Gasteiger partial charge in [-0.05, 0) is 31.5 Å². The van der Waals surface area contributed by atoms with Crippen molar-refractivity contribution in [2.24, 2.45) is 0 Å². The van der Waals surface area contributed by atoms with E-state index in [1.807, 2.05) is 0 Å². The minimum atomic E-state index is -2.97. The summed E-state index contributed by atoms with van der Waals surface area (Å²) in [6.45, 7) is -1.26. The van der Waals surface area contributed by atoms with Crippen LogP contribution in [0.25, 0.3) is 0 Å². The summed E-state index contributed by atoms with van der Waals surface area (Å²) in [4.78, 5) is 12.2. The number of benzene rings is 1. The molecular weight excluding hydrogens is 294 g/mol. The zero-order valence-electron chi connectivity index (χ0n) is 12.4. The second kappa shape index (κ2) is 7.51. The number of hydrogen-bond donors (Lipinski definition) is 2. The van der Waals surface area contributed by atoms with Gasteiger partial charge in [-0.25, -0.2) is 0 Å². The van der Waals surface area contributed by atoms with E-state index in [2.05, 4.69) is 15.4 Å². The summed E-state index contributed by atoms with van der Waals surface area (Å²) >= 11 is 0. The average molecular weight is 314 g/mol. The summed E-state index contributed by atoms with van der Waals surface area (Å²) < 4.78 is 34.3. The highest BCUT2D eigenvalue weighted by Gasteiger charge is 2.34. The molecule has 1 amide bonds. The van der Waals surface area contributed by atoms with Crippen molar-refractivity contribution in [1.29, 1.82) is 0 Å². The monoisotopic (exact) mass is 314 g/mol. The highest BCUT2D eigenvalue weighted by atomic mass is 19.3. The molecule has 0 saturated carbocycles. The first kappa shape index (κ1) is 16.6. The van der Waals surface area contributed by atoms with Gasteiger partial charge in [0.05, 0.1) is 17.7 Å². The normalized spacial score (nSPS) is 21.1. The molecule has 0 aliphatic carbocycles. The molecule has 0 aromatic heterocycles. The number of hydrogen-bond acceptors (Lipinski definition) is 4. The van der Waals surface area contributed by atoms with Crippen molar-refractivity contribution in [2.45, 2.75) is 25.0 Å². The number of methoxy groups -OCH3 is 1. The molecule has 22 heavy (non-hydrogen) atoms. The van der Waals surface area contributed by atoms with Crippen molar-refractivity contribution < 1.29 is 23.0 Å². The zero-order chi connectivity index (χ0) is 16.0.